The van der Waals surface area contributed by atoms with Crippen LogP contribution < -0.4 is 0 Å². The SMILES string of the molecule is C[N](C)[Ti].Cl. The van der Waals surface area contributed by atoms with E-state index in [1.54, 1.807) is 0 Å². The maximum atomic E-state index is 2.00. The van der Waals surface area contributed by atoms with Gasteiger partial charge in [-0.2, -0.15) is 0 Å². The van der Waals surface area contributed by atoms with Gasteiger partial charge in [-0.3, -0.25) is 0 Å². The van der Waals surface area contributed by atoms with Gasteiger partial charge < -0.3 is 0 Å². The Balaban J connectivity index is 0. The molecule has 0 fully saturated rings. The molecule has 0 N–H and O–H groups in total. The topological polar surface area (TPSA) is 3.24 Å². The molecule has 0 aromatic heterocycles. The minimum Gasteiger partial charge on any atom is -0.147 e. The largest absolute Gasteiger partial charge is 0.147 e. The molecule has 0 aliphatic rings. The Kier molecular flexibility index (Phi) is 9.29. The van der Waals surface area contributed by atoms with Crippen LogP contribution in [0.2, 0.25) is 0 Å². The Bertz CT molecular complexity index is 14.4. The van der Waals surface area contributed by atoms with Gasteiger partial charge in [-0.25, -0.2) is 0 Å². The normalized spacial score (nSPS) is 6.80. The molecule has 0 amide bonds. The number of halogens is 1. The van der Waals surface area contributed by atoms with Crippen molar-refractivity contribution in [2.75, 3.05) is 14.1 Å². The molecule has 0 atom stereocenters. The van der Waals surface area contributed by atoms with Crippen LogP contribution in [0.3, 0.4) is 0 Å². The van der Waals surface area contributed by atoms with E-state index in [0.717, 1.165) is 0 Å². The van der Waals surface area contributed by atoms with Gasteiger partial charge in [-0.05, 0) is 0 Å². The summed E-state index contributed by atoms with van der Waals surface area (Å²) in [5.74, 6) is 0. The molecular weight excluding hydrogens is 121 g/mol. The van der Waals surface area contributed by atoms with Crippen molar-refractivity contribution in [3.05, 3.63) is 0 Å². The Morgan fingerprint density at radius 3 is 1.40 bits per heavy atom. The van der Waals surface area contributed by atoms with Gasteiger partial charge in [0.05, 0.1) is 0 Å². The first-order valence-electron chi connectivity index (χ1n) is 1.12. The van der Waals surface area contributed by atoms with Crippen molar-refractivity contribution in [2.24, 2.45) is 0 Å². The van der Waals surface area contributed by atoms with Crippen molar-refractivity contribution in [2.45, 2.75) is 0 Å². The molecule has 0 aromatic rings. The summed E-state index contributed by atoms with van der Waals surface area (Å²) in [6.07, 6.45) is 0. The third-order valence-electron chi connectivity index (χ3n) is 0. The van der Waals surface area contributed by atoms with Crippen LogP contribution in [-0.4, -0.2) is 17.5 Å². The van der Waals surface area contributed by atoms with Crippen LogP contribution in [-0.2, 0) is 20.7 Å². The summed E-state index contributed by atoms with van der Waals surface area (Å²) in [5, 5.41) is 0. The predicted molar refractivity (Wildman–Crippen MR) is 20.9 cm³/mol. The van der Waals surface area contributed by atoms with E-state index in [4.69, 9.17) is 0 Å². The Hall–Kier alpha value is 0.964. The van der Waals surface area contributed by atoms with Crippen LogP contribution in [0.15, 0.2) is 0 Å². The first kappa shape index (κ1) is 9.35. The molecular formula is C2H7ClNTi. The second-order valence-corrected chi connectivity index (χ2v) is 2.29. The molecule has 0 saturated carbocycles. The van der Waals surface area contributed by atoms with E-state index in [2.05, 4.69) is 0 Å². The Labute approximate surface area is 50.9 Å². The van der Waals surface area contributed by atoms with E-state index < -0.39 is 0 Å². The molecule has 3 heteroatoms. The Morgan fingerprint density at radius 1 is 1.40 bits per heavy atom. The fraction of sp³-hybridized carbons (Fsp3) is 1.00. The summed E-state index contributed by atoms with van der Waals surface area (Å²) in [6, 6.07) is 0. The van der Waals surface area contributed by atoms with Crippen LogP contribution in [0.1, 0.15) is 0 Å². The predicted octanol–water partition coefficient (Wildman–Crippen LogP) is 0.432. The monoisotopic (exact) mass is 128 g/mol. The number of nitrogens with zero attached hydrogens (tertiary/aromatic N) is 1. The molecule has 0 bridgehead atoms. The summed E-state index contributed by atoms with van der Waals surface area (Å²) in [5.41, 5.74) is 0. The van der Waals surface area contributed by atoms with E-state index in [1.165, 1.54) is 0 Å². The maximum Gasteiger partial charge on any atom is -0.147 e. The molecule has 0 heterocycles. The summed E-state index contributed by atoms with van der Waals surface area (Å²) < 4.78 is 2.00. The summed E-state index contributed by atoms with van der Waals surface area (Å²) in [6.45, 7) is 0. The second kappa shape index (κ2) is 4.96. The molecule has 0 spiro atoms. The fourth-order valence-corrected chi connectivity index (χ4v) is 0. The van der Waals surface area contributed by atoms with Crippen molar-refractivity contribution >= 4 is 12.4 Å². The molecule has 31 valence electrons. The maximum absolute atomic E-state index is 2.00. The van der Waals surface area contributed by atoms with Crippen molar-refractivity contribution in [1.82, 2.24) is 3.38 Å². The van der Waals surface area contributed by atoms with Gasteiger partial charge in [0.25, 0.3) is 0 Å². The molecule has 5 heavy (non-hydrogen) atoms. The molecule has 0 saturated heterocycles. The van der Waals surface area contributed by atoms with Crippen molar-refractivity contribution in [3.63, 3.8) is 0 Å². The molecule has 0 rings (SSSR count). The van der Waals surface area contributed by atoms with Crippen LogP contribution in [0.4, 0.5) is 0 Å². The zero-order valence-corrected chi connectivity index (χ0v) is 5.73. The van der Waals surface area contributed by atoms with Gasteiger partial charge in [0.1, 0.15) is 0 Å². The Morgan fingerprint density at radius 2 is 1.40 bits per heavy atom. The van der Waals surface area contributed by atoms with Gasteiger partial charge in [0, 0.05) is 0 Å². The first-order chi connectivity index (χ1) is 1.73. The minimum absolute atomic E-state index is 0. The first-order valence-corrected chi connectivity index (χ1v) is 1.82. The van der Waals surface area contributed by atoms with Crippen LogP contribution in [0.25, 0.3) is 0 Å². The average molecular weight is 128 g/mol. The third kappa shape index (κ3) is 46.9. The second-order valence-electron chi connectivity index (χ2n) is 0.894. The van der Waals surface area contributed by atoms with Gasteiger partial charge >= 0.3 is 38.2 Å². The minimum atomic E-state index is 0. The molecule has 0 unspecified atom stereocenters. The van der Waals surface area contributed by atoms with Gasteiger partial charge in [0.2, 0.25) is 0 Å². The molecule has 0 aliphatic carbocycles. The third-order valence-corrected chi connectivity index (χ3v) is 0. The van der Waals surface area contributed by atoms with Gasteiger partial charge in [-0.15, -0.1) is 12.4 Å². The van der Waals surface area contributed by atoms with E-state index in [-0.39, 0.29) is 12.4 Å². The molecule has 0 radical (unpaired) electrons. The van der Waals surface area contributed by atoms with Crippen molar-refractivity contribution in [3.8, 4) is 0 Å². The van der Waals surface area contributed by atoms with Crippen LogP contribution in [0, 0.1) is 0 Å². The van der Waals surface area contributed by atoms with Gasteiger partial charge in [-0.1, -0.05) is 0 Å². The van der Waals surface area contributed by atoms with E-state index in [0.29, 0.717) is 0 Å². The summed E-state index contributed by atoms with van der Waals surface area (Å²) in [7, 11) is 4.00. The van der Waals surface area contributed by atoms with E-state index in [9.17, 15) is 0 Å². The number of hydrogen-bond donors (Lipinski definition) is 0. The molecule has 1 nitrogen and oxygen atoms in total. The zero-order valence-electron chi connectivity index (χ0n) is 3.36. The quantitative estimate of drug-likeness (QED) is 0.428. The smallest absolute Gasteiger partial charge is 0.147 e. The molecule has 0 aromatic carbocycles. The fourth-order valence-electron chi connectivity index (χ4n) is 0. The van der Waals surface area contributed by atoms with E-state index >= 15 is 0 Å². The van der Waals surface area contributed by atoms with E-state index in [1.807, 2.05) is 38.2 Å². The van der Waals surface area contributed by atoms with Gasteiger partial charge in [0.15, 0.2) is 0 Å². The van der Waals surface area contributed by atoms with Crippen molar-refractivity contribution in [1.29, 1.82) is 0 Å². The van der Waals surface area contributed by atoms with Crippen LogP contribution >= 0.6 is 12.4 Å². The number of hydrogen-bond acceptors (Lipinski definition) is 1. The standard InChI is InChI=1S/C2H6N.ClH.Ti/c1-3-2;;/h1-2H3;1H;/q-1;;+1. The summed E-state index contributed by atoms with van der Waals surface area (Å²) >= 11 is 2.00. The van der Waals surface area contributed by atoms with Crippen molar-refractivity contribution < 1.29 is 20.7 Å². The summed E-state index contributed by atoms with van der Waals surface area (Å²) in [4.78, 5) is 0. The molecule has 0 aliphatic heterocycles. The average Bonchev–Trinajstić information content (AvgIpc) is 0.811. The zero-order chi connectivity index (χ0) is 3.58. The number of rotatable bonds is 0. The van der Waals surface area contributed by atoms with Crippen LogP contribution in [0.5, 0.6) is 0 Å².